The zero-order chi connectivity index (χ0) is 24.8. The van der Waals surface area contributed by atoms with Crippen LogP contribution < -0.4 is 10.2 Å². The molecule has 1 saturated heterocycles. The number of nitrogens with one attached hydrogen (secondary N) is 1. The van der Waals surface area contributed by atoms with Crippen molar-refractivity contribution in [3.63, 3.8) is 0 Å². The minimum absolute atomic E-state index is 0.0522. The van der Waals surface area contributed by atoms with E-state index in [4.69, 9.17) is 0 Å². The molecule has 3 aromatic heterocycles. The van der Waals surface area contributed by atoms with E-state index in [-0.39, 0.29) is 10.2 Å². The molecule has 0 spiro atoms. The van der Waals surface area contributed by atoms with E-state index in [1.807, 2.05) is 6.07 Å². The van der Waals surface area contributed by atoms with Crippen molar-refractivity contribution >= 4 is 17.3 Å². The average molecular weight is 485 g/mol. The average Bonchev–Trinajstić information content (AvgIpc) is 3.33. The first-order chi connectivity index (χ1) is 16.8. The second-order valence-corrected chi connectivity index (χ2v) is 8.72. The SMILES string of the molecule is CN(C)CCC1CCN(c2cc(Nc3ccncn3)ncc2C#Cc2cnn(C(F)(F)F)c2)CC1. The zero-order valence-corrected chi connectivity index (χ0v) is 19.6. The molecule has 1 N–H and O–H groups in total. The normalized spacial score (nSPS) is 14.6. The lowest BCUT2D eigenvalue weighted by Crippen LogP contribution is -2.35. The third-order valence-corrected chi connectivity index (χ3v) is 5.84. The van der Waals surface area contributed by atoms with Gasteiger partial charge >= 0.3 is 6.30 Å². The van der Waals surface area contributed by atoms with E-state index >= 15 is 0 Å². The smallest absolute Gasteiger partial charge is 0.370 e. The molecule has 0 aliphatic carbocycles. The maximum atomic E-state index is 12.8. The summed E-state index contributed by atoms with van der Waals surface area (Å²) in [5.74, 6) is 7.67. The Morgan fingerprint density at radius 3 is 2.57 bits per heavy atom. The largest absolute Gasteiger partial charge is 0.504 e. The summed E-state index contributed by atoms with van der Waals surface area (Å²) >= 11 is 0. The molecule has 35 heavy (non-hydrogen) atoms. The number of hydrogen-bond donors (Lipinski definition) is 1. The molecule has 0 atom stereocenters. The first kappa shape index (κ1) is 24.5. The van der Waals surface area contributed by atoms with Crippen molar-refractivity contribution in [3.05, 3.63) is 54.4 Å². The molecular formula is C24H27F3N8. The summed E-state index contributed by atoms with van der Waals surface area (Å²) in [5.41, 5.74) is 1.71. The first-order valence-corrected chi connectivity index (χ1v) is 11.3. The van der Waals surface area contributed by atoms with Crippen LogP contribution in [-0.4, -0.2) is 63.4 Å². The van der Waals surface area contributed by atoms with Gasteiger partial charge in [-0.05, 0) is 51.9 Å². The standard InChI is InChI=1S/C24H27F3N8/c1-33(2)10-6-18-7-11-34(12-8-18)21-13-23(32-22-5-9-28-17-30-22)29-15-20(21)4-3-19-14-31-35(16-19)24(25,26)27/h5,9,13-18H,6-8,10-12H2,1-2H3,(H,28,29,30,32). The van der Waals surface area contributed by atoms with Gasteiger partial charge in [-0.3, -0.25) is 0 Å². The highest BCUT2D eigenvalue weighted by molar-refractivity contribution is 5.67. The molecule has 11 heteroatoms. The number of nitrogens with zero attached hydrogens (tertiary/aromatic N) is 7. The van der Waals surface area contributed by atoms with Crippen LogP contribution in [0.5, 0.6) is 0 Å². The molecule has 0 saturated carbocycles. The summed E-state index contributed by atoms with van der Waals surface area (Å²) in [6, 6.07) is 3.65. The topological polar surface area (TPSA) is 75.0 Å². The molecule has 8 nitrogen and oxygen atoms in total. The molecule has 0 bridgehead atoms. The van der Waals surface area contributed by atoms with Crippen LogP contribution in [-0.2, 0) is 6.30 Å². The van der Waals surface area contributed by atoms with Gasteiger partial charge in [0.25, 0.3) is 0 Å². The summed E-state index contributed by atoms with van der Waals surface area (Å²) in [4.78, 5) is 17.0. The second kappa shape index (κ2) is 10.7. The maximum Gasteiger partial charge on any atom is 0.504 e. The number of alkyl halides is 3. The lowest BCUT2D eigenvalue weighted by Gasteiger charge is -2.34. The summed E-state index contributed by atoms with van der Waals surface area (Å²) in [6.07, 6.45) is 5.42. The lowest BCUT2D eigenvalue weighted by atomic mass is 9.93. The second-order valence-electron chi connectivity index (χ2n) is 8.72. The quantitative estimate of drug-likeness (QED) is 0.533. The van der Waals surface area contributed by atoms with Crippen molar-refractivity contribution in [1.82, 2.24) is 29.6 Å². The Bertz CT molecular complexity index is 1170. The van der Waals surface area contributed by atoms with Crippen LogP contribution >= 0.6 is 0 Å². The van der Waals surface area contributed by atoms with Gasteiger partial charge in [-0.2, -0.15) is 9.78 Å². The van der Waals surface area contributed by atoms with Crippen molar-refractivity contribution in [3.8, 4) is 11.8 Å². The number of anilines is 3. The molecule has 3 aromatic rings. The highest BCUT2D eigenvalue weighted by Crippen LogP contribution is 2.30. The van der Waals surface area contributed by atoms with Gasteiger partial charge in [0.1, 0.15) is 18.0 Å². The van der Waals surface area contributed by atoms with Crippen LogP contribution in [0.4, 0.5) is 30.5 Å². The number of hydrogen-bond acceptors (Lipinski definition) is 7. The number of rotatable bonds is 6. The van der Waals surface area contributed by atoms with Crippen LogP contribution in [0.25, 0.3) is 0 Å². The van der Waals surface area contributed by atoms with E-state index in [1.165, 1.54) is 6.33 Å². The molecule has 1 aliphatic heterocycles. The van der Waals surface area contributed by atoms with Crippen molar-refractivity contribution in [2.75, 3.05) is 43.9 Å². The van der Waals surface area contributed by atoms with E-state index in [1.54, 1.807) is 18.5 Å². The Labute approximate surface area is 202 Å². The van der Waals surface area contributed by atoms with Crippen LogP contribution in [0, 0.1) is 17.8 Å². The van der Waals surface area contributed by atoms with Gasteiger partial charge in [0, 0.05) is 37.7 Å². The van der Waals surface area contributed by atoms with Gasteiger partial charge < -0.3 is 15.1 Å². The Hall–Kier alpha value is -3.65. The highest BCUT2D eigenvalue weighted by atomic mass is 19.4. The minimum Gasteiger partial charge on any atom is -0.370 e. The third kappa shape index (κ3) is 6.70. The van der Waals surface area contributed by atoms with E-state index in [0.717, 1.165) is 57.0 Å². The molecule has 4 heterocycles. The number of aromatic nitrogens is 5. The van der Waals surface area contributed by atoms with Crippen molar-refractivity contribution in [2.24, 2.45) is 5.92 Å². The fourth-order valence-electron chi connectivity index (χ4n) is 3.94. The molecule has 1 aliphatic rings. The van der Waals surface area contributed by atoms with Crippen molar-refractivity contribution < 1.29 is 13.2 Å². The molecular weight excluding hydrogens is 457 g/mol. The van der Waals surface area contributed by atoms with Crippen LogP contribution in [0.3, 0.4) is 0 Å². The molecule has 0 aromatic carbocycles. The number of halogens is 3. The number of piperidine rings is 1. The third-order valence-electron chi connectivity index (χ3n) is 5.84. The Morgan fingerprint density at radius 2 is 1.91 bits per heavy atom. The molecule has 0 radical (unpaired) electrons. The predicted octanol–water partition coefficient (Wildman–Crippen LogP) is 3.86. The lowest BCUT2D eigenvalue weighted by molar-refractivity contribution is -0.212. The van der Waals surface area contributed by atoms with E-state index < -0.39 is 6.30 Å². The van der Waals surface area contributed by atoms with Crippen LogP contribution in [0.2, 0.25) is 0 Å². The highest BCUT2D eigenvalue weighted by Gasteiger charge is 2.31. The number of pyridine rings is 1. The summed E-state index contributed by atoms with van der Waals surface area (Å²) in [5, 5.41) is 6.51. The summed E-state index contributed by atoms with van der Waals surface area (Å²) in [7, 11) is 4.17. The van der Waals surface area contributed by atoms with E-state index in [2.05, 4.69) is 61.1 Å². The Balaban J connectivity index is 1.57. The molecule has 0 amide bonds. The monoisotopic (exact) mass is 484 g/mol. The zero-order valence-electron chi connectivity index (χ0n) is 19.6. The van der Waals surface area contributed by atoms with Crippen molar-refractivity contribution in [1.29, 1.82) is 0 Å². The van der Waals surface area contributed by atoms with Gasteiger partial charge in [-0.15, -0.1) is 13.2 Å². The van der Waals surface area contributed by atoms with Gasteiger partial charge in [0.2, 0.25) is 0 Å². The van der Waals surface area contributed by atoms with Gasteiger partial charge in [0.15, 0.2) is 0 Å². The van der Waals surface area contributed by atoms with E-state index in [9.17, 15) is 13.2 Å². The molecule has 4 rings (SSSR count). The fraction of sp³-hybridized carbons (Fsp3) is 0.417. The minimum atomic E-state index is -4.57. The first-order valence-electron chi connectivity index (χ1n) is 11.3. The molecule has 1 fully saturated rings. The molecule has 184 valence electrons. The Kier molecular flexibility index (Phi) is 7.51. The Morgan fingerprint density at radius 1 is 1.11 bits per heavy atom. The maximum absolute atomic E-state index is 12.8. The molecule has 0 unspecified atom stereocenters. The summed E-state index contributed by atoms with van der Waals surface area (Å²) in [6.45, 7) is 2.81. The van der Waals surface area contributed by atoms with Crippen LogP contribution in [0.15, 0.2) is 43.2 Å². The summed E-state index contributed by atoms with van der Waals surface area (Å²) < 4.78 is 38.5. The van der Waals surface area contributed by atoms with Gasteiger partial charge in [-0.1, -0.05) is 11.8 Å². The predicted molar refractivity (Wildman–Crippen MR) is 127 cm³/mol. The van der Waals surface area contributed by atoms with E-state index in [0.29, 0.717) is 23.1 Å². The van der Waals surface area contributed by atoms with Crippen LogP contribution in [0.1, 0.15) is 30.4 Å². The van der Waals surface area contributed by atoms with Crippen molar-refractivity contribution in [2.45, 2.75) is 25.6 Å². The van der Waals surface area contributed by atoms with Gasteiger partial charge in [-0.25, -0.2) is 15.0 Å². The van der Waals surface area contributed by atoms with Gasteiger partial charge in [0.05, 0.1) is 23.0 Å². The fourth-order valence-corrected chi connectivity index (χ4v) is 3.94.